The molecule has 25 heavy (non-hydrogen) atoms. The molecule has 1 saturated heterocycles. The van der Waals surface area contributed by atoms with Crippen molar-refractivity contribution in [2.75, 3.05) is 31.2 Å². The smallest absolute Gasteiger partial charge is 0.203 e. The molecule has 1 aliphatic heterocycles. The van der Waals surface area contributed by atoms with Gasteiger partial charge in [-0.15, -0.1) is 0 Å². The molecule has 0 saturated carbocycles. The van der Waals surface area contributed by atoms with Crippen molar-refractivity contribution in [2.24, 2.45) is 0 Å². The fourth-order valence-corrected chi connectivity index (χ4v) is 3.69. The molecule has 0 unspecified atom stereocenters. The minimum absolute atomic E-state index is 0.0223. The van der Waals surface area contributed by atoms with E-state index in [1.54, 1.807) is 0 Å². The van der Waals surface area contributed by atoms with Crippen molar-refractivity contribution in [1.29, 1.82) is 0 Å². The molecule has 2 aliphatic rings. The number of ketones is 1. The lowest BCUT2D eigenvalue weighted by Crippen LogP contribution is -2.36. The molecule has 0 bridgehead atoms. The van der Waals surface area contributed by atoms with Gasteiger partial charge in [-0.05, 0) is 24.6 Å². The maximum atomic E-state index is 12.8. The van der Waals surface area contributed by atoms with Crippen molar-refractivity contribution in [3.63, 3.8) is 0 Å². The van der Waals surface area contributed by atoms with E-state index in [-0.39, 0.29) is 5.78 Å². The average Bonchev–Trinajstić information content (AvgIpc) is 3.01. The number of nitrogens with zero attached hydrogens (tertiary/aromatic N) is 2. The van der Waals surface area contributed by atoms with E-state index in [9.17, 15) is 4.79 Å². The second-order valence-corrected chi connectivity index (χ2v) is 6.99. The molecule has 6 heteroatoms. The van der Waals surface area contributed by atoms with Crippen LogP contribution >= 0.6 is 15.9 Å². The number of anilines is 1. The predicted octanol–water partition coefficient (Wildman–Crippen LogP) is 3.57. The van der Waals surface area contributed by atoms with Gasteiger partial charge in [0.25, 0.3) is 0 Å². The number of ether oxygens (including phenoxy) is 1. The molecule has 5 nitrogen and oxygen atoms in total. The van der Waals surface area contributed by atoms with Gasteiger partial charge in [0.1, 0.15) is 0 Å². The number of carbonyl (C=O) groups excluding carboxylic acids is 1. The summed E-state index contributed by atoms with van der Waals surface area (Å²) in [5.41, 5.74) is 4.02. The van der Waals surface area contributed by atoms with Crippen molar-refractivity contribution < 1.29 is 9.53 Å². The van der Waals surface area contributed by atoms with E-state index in [0.29, 0.717) is 24.4 Å². The van der Waals surface area contributed by atoms with Crippen LogP contribution in [0.15, 0.2) is 35.9 Å². The molecule has 1 aromatic heterocycles. The van der Waals surface area contributed by atoms with Gasteiger partial charge in [-0.3, -0.25) is 4.79 Å². The molecule has 4 rings (SSSR count). The first-order chi connectivity index (χ1) is 12.1. The zero-order chi connectivity index (χ0) is 17.4. The first kappa shape index (κ1) is 16.3. The number of allylic oxidation sites excluding steroid dienone is 2. The van der Waals surface area contributed by atoms with Crippen LogP contribution in [-0.2, 0) is 4.74 Å². The highest BCUT2D eigenvalue weighted by Crippen LogP contribution is 2.33. The van der Waals surface area contributed by atoms with E-state index in [0.717, 1.165) is 40.5 Å². The Balaban J connectivity index is 1.69. The number of nitrogens with one attached hydrogen (secondary N) is 1. The summed E-state index contributed by atoms with van der Waals surface area (Å²) in [6, 6.07) is 7.62. The number of halogens is 1. The number of hydrogen-bond acceptors (Lipinski definition) is 4. The first-order valence-electron chi connectivity index (χ1n) is 8.26. The predicted molar refractivity (Wildman–Crippen MR) is 102 cm³/mol. The summed E-state index contributed by atoms with van der Waals surface area (Å²) in [7, 11) is 0. The lowest BCUT2D eigenvalue weighted by molar-refractivity contribution is 0.103. The molecular weight excluding hydrogens is 382 g/mol. The molecule has 1 fully saturated rings. The number of imidazole rings is 1. The number of fused-ring (bicyclic) bond motifs is 1. The number of rotatable bonds is 2. The zero-order valence-corrected chi connectivity index (χ0v) is 15.5. The first-order valence-corrected chi connectivity index (χ1v) is 9.05. The van der Waals surface area contributed by atoms with Crippen molar-refractivity contribution in [3.05, 3.63) is 58.4 Å². The minimum Gasteiger partial charge on any atom is -0.378 e. The Morgan fingerprint density at radius 3 is 2.72 bits per heavy atom. The monoisotopic (exact) mass is 399 g/mol. The summed E-state index contributed by atoms with van der Waals surface area (Å²) in [6.45, 7) is 5.03. The van der Waals surface area contributed by atoms with Crippen molar-refractivity contribution in [2.45, 2.75) is 6.92 Å². The number of aromatic nitrogens is 2. The van der Waals surface area contributed by atoms with Gasteiger partial charge in [-0.25, -0.2) is 4.98 Å². The molecule has 1 aliphatic carbocycles. The quantitative estimate of drug-likeness (QED) is 0.784. The van der Waals surface area contributed by atoms with Crippen LogP contribution in [0.3, 0.4) is 0 Å². The molecule has 1 aromatic carbocycles. The molecule has 0 atom stereocenters. The van der Waals surface area contributed by atoms with Crippen LogP contribution in [0.5, 0.6) is 0 Å². The third kappa shape index (κ3) is 3.07. The number of Topliss-reactive ketones (excluding diaryl/α,β-unsaturated/α-hetero) is 1. The summed E-state index contributed by atoms with van der Waals surface area (Å²) in [6.07, 6.45) is 3.72. The highest BCUT2D eigenvalue weighted by atomic mass is 79.9. The number of benzene rings is 1. The Hall–Kier alpha value is -2.18. The Morgan fingerprint density at radius 1 is 1.24 bits per heavy atom. The molecule has 1 N–H and O–H groups in total. The molecule has 2 aromatic rings. The molecule has 0 radical (unpaired) electrons. The molecule has 128 valence electrons. The lowest BCUT2D eigenvalue weighted by Gasteiger charge is -2.26. The maximum absolute atomic E-state index is 12.8. The zero-order valence-electron chi connectivity index (χ0n) is 13.9. The molecule has 0 spiro atoms. The Bertz CT molecular complexity index is 892. The number of morpholine rings is 1. The van der Waals surface area contributed by atoms with Crippen molar-refractivity contribution in [3.8, 4) is 0 Å². The summed E-state index contributed by atoms with van der Waals surface area (Å²) in [5.74, 6) is 0.855. The summed E-state index contributed by atoms with van der Waals surface area (Å²) in [5, 5.41) is 0. The molecular formula is C19H18BrN3O2. The van der Waals surface area contributed by atoms with Gasteiger partial charge < -0.3 is 14.6 Å². The lowest BCUT2D eigenvalue weighted by atomic mass is 9.92. The normalized spacial score (nSPS) is 19.1. The number of aryl methyl sites for hydroxylation is 1. The Morgan fingerprint density at radius 2 is 1.96 bits per heavy atom. The van der Waals surface area contributed by atoms with Crippen LogP contribution in [0.4, 0.5) is 5.95 Å². The largest absolute Gasteiger partial charge is 0.378 e. The summed E-state index contributed by atoms with van der Waals surface area (Å²) >= 11 is 3.57. The van der Waals surface area contributed by atoms with Crippen molar-refractivity contribution in [1.82, 2.24) is 9.97 Å². The van der Waals surface area contributed by atoms with E-state index >= 15 is 0 Å². The Kier molecular flexibility index (Phi) is 4.31. The van der Waals surface area contributed by atoms with Gasteiger partial charge in [0.15, 0.2) is 5.78 Å². The van der Waals surface area contributed by atoms with Gasteiger partial charge in [0, 0.05) is 34.4 Å². The van der Waals surface area contributed by atoms with Crippen LogP contribution in [-0.4, -0.2) is 42.1 Å². The van der Waals surface area contributed by atoms with Crippen LogP contribution in [0.2, 0.25) is 0 Å². The standard InChI is InChI=1S/C19H18BrN3O2/c1-12-17(22-19(21-12)23-6-8-25-9-7-23)11-13-10-16(20)14-4-2-3-5-15(14)18(13)24/h2-5,10-11H,6-9H2,1H3,(H,21,22). The third-order valence-corrected chi connectivity index (χ3v) is 5.14. The van der Waals surface area contributed by atoms with Crippen molar-refractivity contribution >= 4 is 38.2 Å². The summed E-state index contributed by atoms with van der Waals surface area (Å²) in [4.78, 5) is 23.0. The number of carbonyl (C=O) groups is 1. The molecule has 2 heterocycles. The highest BCUT2D eigenvalue weighted by Gasteiger charge is 2.22. The fourth-order valence-electron chi connectivity index (χ4n) is 3.10. The number of H-pyrrole nitrogens is 1. The number of aromatic amines is 1. The van der Waals surface area contributed by atoms with Crippen LogP contribution < -0.4 is 4.90 Å². The van der Waals surface area contributed by atoms with Gasteiger partial charge >= 0.3 is 0 Å². The highest BCUT2D eigenvalue weighted by molar-refractivity contribution is 9.15. The van der Waals surface area contributed by atoms with Gasteiger partial charge in [0.05, 0.1) is 18.9 Å². The summed E-state index contributed by atoms with van der Waals surface area (Å²) < 4.78 is 6.30. The number of hydrogen-bond donors (Lipinski definition) is 1. The topological polar surface area (TPSA) is 58.2 Å². The second-order valence-electron chi connectivity index (χ2n) is 6.14. The van der Waals surface area contributed by atoms with Crippen LogP contribution in [0, 0.1) is 6.92 Å². The fraction of sp³-hybridized carbons (Fsp3) is 0.263. The van der Waals surface area contributed by atoms with Crippen LogP contribution in [0.25, 0.3) is 10.6 Å². The minimum atomic E-state index is 0.0223. The van der Waals surface area contributed by atoms with E-state index in [1.165, 1.54) is 0 Å². The molecule has 0 amide bonds. The Labute approximate surface area is 154 Å². The van der Waals surface area contributed by atoms with E-state index in [4.69, 9.17) is 4.74 Å². The maximum Gasteiger partial charge on any atom is 0.203 e. The van der Waals surface area contributed by atoms with Gasteiger partial charge in [-0.2, -0.15) is 0 Å². The van der Waals surface area contributed by atoms with E-state index in [2.05, 4.69) is 30.8 Å². The second kappa shape index (κ2) is 6.61. The van der Waals surface area contributed by atoms with E-state index < -0.39 is 0 Å². The SMILES string of the molecule is Cc1[nH]c(N2CCOCC2)nc1C=C1C=C(Br)c2ccccc2C1=O. The third-order valence-electron chi connectivity index (χ3n) is 4.49. The van der Waals surface area contributed by atoms with Gasteiger partial charge in [0.2, 0.25) is 5.95 Å². The van der Waals surface area contributed by atoms with E-state index in [1.807, 2.05) is 43.3 Å². The van der Waals surface area contributed by atoms with Crippen LogP contribution in [0.1, 0.15) is 27.3 Å². The average molecular weight is 400 g/mol. The van der Waals surface area contributed by atoms with Gasteiger partial charge in [-0.1, -0.05) is 40.2 Å².